The number of hydrogen-bond acceptors (Lipinski definition) is 3. The summed E-state index contributed by atoms with van der Waals surface area (Å²) in [5, 5.41) is 7.89. The van der Waals surface area contributed by atoms with E-state index in [-0.39, 0.29) is 0 Å². The summed E-state index contributed by atoms with van der Waals surface area (Å²) in [4.78, 5) is 0. The molecule has 1 aliphatic heterocycles. The highest BCUT2D eigenvalue weighted by molar-refractivity contribution is 5.30. The number of rotatable bonds is 6. The Morgan fingerprint density at radius 2 is 2.14 bits per heavy atom. The van der Waals surface area contributed by atoms with Gasteiger partial charge in [0.05, 0.1) is 18.0 Å². The van der Waals surface area contributed by atoms with E-state index in [1.165, 1.54) is 24.8 Å². The van der Waals surface area contributed by atoms with E-state index in [1.807, 2.05) is 29.1 Å². The van der Waals surface area contributed by atoms with Gasteiger partial charge >= 0.3 is 0 Å². The Morgan fingerprint density at radius 3 is 2.95 bits per heavy atom. The van der Waals surface area contributed by atoms with Crippen LogP contribution in [0, 0.1) is 0 Å². The number of ether oxygens (including phenoxy) is 1. The quantitative estimate of drug-likeness (QED) is 0.829. The zero-order chi connectivity index (χ0) is 14.3. The van der Waals surface area contributed by atoms with E-state index in [9.17, 15) is 0 Å². The molecule has 4 nitrogen and oxygen atoms in total. The van der Waals surface area contributed by atoms with Crippen LogP contribution < -0.4 is 5.32 Å². The van der Waals surface area contributed by atoms with Crippen molar-refractivity contribution in [3.05, 3.63) is 48.3 Å². The average Bonchev–Trinajstić information content (AvgIpc) is 3.02. The normalized spacial score (nSPS) is 18.8. The second-order valence-electron chi connectivity index (χ2n) is 5.58. The van der Waals surface area contributed by atoms with Crippen LogP contribution in [0.3, 0.4) is 0 Å². The summed E-state index contributed by atoms with van der Waals surface area (Å²) in [7, 11) is 0. The third kappa shape index (κ3) is 4.16. The first-order valence-corrected chi connectivity index (χ1v) is 7.83. The molecule has 1 saturated heterocycles. The maximum absolute atomic E-state index is 5.74. The topological polar surface area (TPSA) is 39.1 Å². The maximum atomic E-state index is 5.74. The van der Waals surface area contributed by atoms with Gasteiger partial charge in [0.15, 0.2) is 0 Å². The van der Waals surface area contributed by atoms with Crippen molar-refractivity contribution >= 4 is 0 Å². The van der Waals surface area contributed by atoms with Gasteiger partial charge in [0.1, 0.15) is 0 Å². The lowest BCUT2D eigenvalue weighted by Crippen LogP contribution is -2.25. The van der Waals surface area contributed by atoms with Gasteiger partial charge in [-0.05, 0) is 44.4 Å². The zero-order valence-electron chi connectivity index (χ0n) is 12.4. The van der Waals surface area contributed by atoms with Crippen LogP contribution in [-0.4, -0.2) is 29.0 Å². The van der Waals surface area contributed by atoms with Crippen LogP contribution in [0.4, 0.5) is 0 Å². The molecule has 1 fully saturated rings. The number of hydrogen-bond donors (Lipinski definition) is 1. The predicted molar refractivity (Wildman–Crippen MR) is 83.5 cm³/mol. The van der Waals surface area contributed by atoms with Gasteiger partial charge in [-0.15, -0.1) is 0 Å². The van der Waals surface area contributed by atoms with Gasteiger partial charge in [0.2, 0.25) is 0 Å². The molecule has 1 atom stereocenters. The van der Waals surface area contributed by atoms with Gasteiger partial charge in [0, 0.05) is 24.9 Å². The molecule has 1 aromatic carbocycles. The summed E-state index contributed by atoms with van der Waals surface area (Å²) in [6.45, 7) is 2.80. The smallest absolute Gasteiger partial charge is 0.0645 e. The van der Waals surface area contributed by atoms with E-state index < -0.39 is 0 Å². The lowest BCUT2D eigenvalue weighted by Gasteiger charge is -2.22. The van der Waals surface area contributed by atoms with Crippen LogP contribution in [0.2, 0.25) is 0 Å². The number of para-hydroxylation sites is 1. The van der Waals surface area contributed by atoms with Crippen molar-refractivity contribution in [2.75, 3.05) is 13.2 Å². The van der Waals surface area contributed by atoms with Gasteiger partial charge in [-0.2, -0.15) is 5.10 Å². The molecular weight excluding hydrogens is 262 g/mol. The van der Waals surface area contributed by atoms with Crippen molar-refractivity contribution in [3.63, 3.8) is 0 Å². The van der Waals surface area contributed by atoms with Crippen molar-refractivity contribution in [3.8, 4) is 5.69 Å². The van der Waals surface area contributed by atoms with E-state index in [1.54, 1.807) is 0 Å². The minimum atomic E-state index is 0.457. The zero-order valence-corrected chi connectivity index (χ0v) is 12.4. The molecule has 0 bridgehead atoms. The molecule has 0 saturated carbocycles. The maximum Gasteiger partial charge on any atom is 0.0645 e. The Bertz CT molecular complexity index is 532. The number of aromatic nitrogens is 2. The Kier molecular flexibility index (Phi) is 5.03. The monoisotopic (exact) mass is 285 g/mol. The van der Waals surface area contributed by atoms with Crippen LogP contribution in [0.15, 0.2) is 42.7 Å². The molecule has 2 heterocycles. The van der Waals surface area contributed by atoms with Gasteiger partial charge in [-0.25, -0.2) is 4.68 Å². The molecule has 21 heavy (non-hydrogen) atoms. The lowest BCUT2D eigenvalue weighted by atomic mass is 10.1. The van der Waals surface area contributed by atoms with Gasteiger partial charge in [-0.1, -0.05) is 18.2 Å². The first kappa shape index (κ1) is 14.3. The molecule has 1 unspecified atom stereocenters. The predicted octanol–water partition coefficient (Wildman–Crippen LogP) is 2.92. The highest BCUT2D eigenvalue weighted by Crippen LogP contribution is 2.15. The van der Waals surface area contributed by atoms with Crippen LogP contribution in [0.25, 0.3) is 5.69 Å². The third-order valence-corrected chi connectivity index (χ3v) is 3.90. The number of nitrogens with zero attached hydrogens (tertiary/aromatic N) is 2. The van der Waals surface area contributed by atoms with Gasteiger partial charge in [-0.3, -0.25) is 0 Å². The largest absolute Gasteiger partial charge is 0.378 e. The molecule has 0 spiro atoms. The lowest BCUT2D eigenvalue weighted by molar-refractivity contribution is 0.0115. The second-order valence-corrected chi connectivity index (χ2v) is 5.58. The standard InChI is InChI=1S/C17H23N3O/c1-2-6-16(7-3-1)20-14-15(13-19-20)12-18-10-9-17-8-4-5-11-21-17/h1-3,6-7,13-14,17-18H,4-5,8-12H2. The molecule has 0 amide bonds. The summed E-state index contributed by atoms with van der Waals surface area (Å²) in [5.74, 6) is 0. The molecule has 112 valence electrons. The molecule has 1 aromatic heterocycles. The van der Waals surface area contributed by atoms with Crippen molar-refractivity contribution < 1.29 is 4.74 Å². The highest BCUT2D eigenvalue weighted by Gasteiger charge is 2.12. The minimum Gasteiger partial charge on any atom is -0.378 e. The molecule has 3 rings (SSSR count). The van der Waals surface area contributed by atoms with Crippen LogP contribution in [-0.2, 0) is 11.3 Å². The summed E-state index contributed by atoms with van der Waals surface area (Å²) in [6.07, 6.45) is 9.33. The number of nitrogens with one attached hydrogen (secondary N) is 1. The van der Waals surface area contributed by atoms with Crippen molar-refractivity contribution in [2.24, 2.45) is 0 Å². The first-order valence-electron chi connectivity index (χ1n) is 7.83. The highest BCUT2D eigenvalue weighted by atomic mass is 16.5. The van der Waals surface area contributed by atoms with Gasteiger partial charge < -0.3 is 10.1 Å². The molecule has 2 aromatic rings. The van der Waals surface area contributed by atoms with Gasteiger partial charge in [0.25, 0.3) is 0 Å². The average molecular weight is 285 g/mol. The van der Waals surface area contributed by atoms with Crippen LogP contribution >= 0.6 is 0 Å². The Labute approximate surface area is 126 Å². The second kappa shape index (κ2) is 7.38. The first-order chi connectivity index (χ1) is 10.4. The van der Waals surface area contributed by atoms with Crippen molar-refractivity contribution in [1.29, 1.82) is 0 Å². The fourth-order valence-electron chi connectivity index (χ4n) is 2.70. The van der Waals surface area contributed by atoms with Crippen molar-refractivity contribution in [1.82, 2.24) is 15.1 Å². The minimum absolute atomic E-state index is 0.457. The summed E-state index contributed by atoms with van der Waals surface area (Å²) < 4.78 is 7.65. The molecule has 4 heteroatoms. The summed E-state index contributed by atoms with van der Waals surface area (Å²) >= 11 is 0. The Hall–Kier alpha value is -1.65. The Balaban J connectivity index is 1.42. The fourth-order valence-corrected chi connectivity index (χ4v) is 2.70. The molecule has 0 radical (unpaired) electrons. The van der Waals surface area contributed by atoms with E-state index in [2.05, 4.69) is 28.7 Å². The molecule has 1 N–H and O–H groups in total. The summed E-state index contributed by atoms with van der Waals surface area (Å²) in [6, 6.07) is 10.2. The fraction of sp³-hybridized carbons (Fsp3) is 0.471. The van der Waals surface area contributed by atoms with Crippen LogP contribution in [0.5, 0.6) is 0 Å². The summed E-state index contributed by atoms with van der Waals surface area (Å²) in [5.41, 5.74) is 2.31. The van der Waals surface area contributed by atoms with E-state index in [4.69, 9.17) is 4.74 Å². The Morgan fingerprint density at radius 1 is 1.24 bits per heavy atom. The third-order valence-electron chi connectivity index (χ3n) is 3.90. The van der Waals surface area contributed by atoms with E-state index in [0.29, 0.717) is 6.10 Å². The van der Waals surface area contributed by atoms with E-state index >= 15 is 0 Å². The molecular formula is C17H23N3O. The van der Waals surface area contributed by atoms with Crippen molar-refractivity contribution in [2.45, 2.75) is 38.3 Å². The van der Waals surface area contributed by atoms with Crippen LogP contribution in [0.1, 0.15) is 31.2 Å². The number of benzene rings is 1. The van der Waals surface area contributed by atoms with E-state index in [0.717, 1.165) is 31.8 Å². The SMILES string of the molecule is c1ccc(-n2cc(CNCCC3CCCCO3)cn2)cc1. The molecule has 1 aliphatic rings. The molecule has 0 aliphatic carbocycles.